The van der Waals surface area contributed by atoms with E-state index in [0.29, 0.717) is 6.04 Å². The predicted molar refractivity (Wildman–Crippen MR) is 42.4 cm³/mol. The SMILES string of the molecule is Cn1cc(CNC2COC2)nn1. The van der Waals surface area contributed by atoms with Crippen LogP contribution in [0, 0.1) is 0 Å². The van der Waals surface area contributed by atoms with Crippen LogP contribution in [0.3, 0.4) is 0 Å². The van der Waals surface area contributed by atoms with Gasteiger partial charge in [0.25, 0.3) is 0 Å². The smallest absolute Gasteiger partial charge is 0.0964 e. The van der Waals surface area contributed by atoms with Gasteiger partial charge in [-0.25, -0.2) is 0 Å². The van der Waals surface area contributed by atoms with Crippen LogP contribution >= 0.6 is 0 Å². The molecule has 1 aromatic rings. The van der Waals surface area contributed by atoms with E-state index in [-0.39, 0.29) is 0 Å². The number of hydrogen-bond donors (Lipinski definition) is 1. The molecule has 0 aliphatic carbocycles. The first-order valence-corrected chi connectivity index (χ1v) is 4.01. The molecular formula is C7H12N4O. The van der Waals surface area contributed by atoms with E-state index < -0.39 is 0 Å². The molecule has 1 aromatic heterocycles. The molecule has 1 aliphatic rings. The van der Waals surface area contributed by atoms with Crippen molar-refractivity contribution in [2.75, 3.05) is 13.2 Å². The second-order valence-corrected chi connectivity index (χ2v) is 3.00. The Balaban J connectivity index is 1.79. The molecule has 0 radical (unpaired) electrons. The third kappa shape index (κ3) is 1.62. The largest absolute Gasteiger partial charge is 0.378 e. The van der Waals surface area contributed by atoms with Crippen molar-refractivity contribution in [3.63, 3.8) is 0 Å². The number of ether oxygens (including phenoxy) is 1. The monoisotopic (exact) mass is 168 g/mol. The number of rotatable bonds is 3. The Morgan fingerprint density at radius 2 is 2.58 bits per heavy atom. The summed E-state index contributed by atoms with van der Waals surface area (Å²) in [5.41, 5.74) is 0.976. The Kier molecular flexibility index (Phi) is 2.05. The standard InChI is InChI=1S/C7H12N4O/c1-11-3-6(9-10-11)2-8-7-4-12-5-7/h3,7-8H,2,4-5H2,1H3. The highest BCUT2D eigenvalue weighted by Gasteiger charge is 2.17. The van der Waals surface area contributed by atoms with Crippen molar-refractivity contribution in [3.8, 4) is 0 Å². The van der Waals surface area contributed by atoms with Crippen molar-refractivity contribution in [1.82, 2.24) is 20.3 Å². The summed E-state index contributed by atoms with van der Waals surface area (Å²) in [5.74, 6) is 0. The molecule has 66 valence electrons. The Labute approximate surface area is 70.7 Å². The van der Waals surface area contributed by atoms with Crippen molar-refractivity contribution in [2.24, 2.45) is 7.05 Å². The molecule has 1 saturated heterocycles. The second-order valence-electron chi connectivity index (χ2n) is 3.00. The fraction of sp³-hybridized carbons (Fsp3) is 0.714. The van der Waals surface area contributed by atoms with Gasteiger partial charge in [-0.1, -0.05) is 5.21 Å². The molecule has 5 nitrogen and oxygen atoms in total. The van der Waals surface area contributed by atoms with E-state index in [9.17, 15) is 0 Å². The molecule has 2 rings (SSSR count). The molecule has 0 bridgehead atoms. The number of hydrogen-bond acceptors (Lipinski definition) is 4. The van der Waals surface area contributed by atoms with Crippen LogP contribution in [0.1, 0.15) is 5.69 Å². The second kappa shape index (κ2) is 3.20. The number of aromatic nitrogens is 3. The Morgan fingerprint density at radius 1 is 1.75 bits per heavy atom. The maximum atomic E-state index is 5.02. The quantitative estimate of drug-likeness (QED) is 0.648. The number of nitrogens with one attached hydrogen (secondary N) is 1. The first-order chi connectivity index (χ1) is 5.84. The molecule has 0 aromatic carbocycles. The molecule has 12 heavy (non-hydrogen) atoms. The highest BCUT2D eigenvalue weighted by atomic mass is 16.5. The van der Waals surface area contributed by atoms with Crippen LogP contribution in [-0.2, 0) is 18.3 Å². The van der Waals surface area contributed by atoms with Gasteiger partial charge in [0.2, 0.25) is 0 Å². The predicted octanol–water partition coefficient (Wildman–Crippen LogP) is -0.696. The minimum Gasteiger partial charge on any atom is -0.378 e. The Morgan fingerprint density at radius 3 is 3.08 bits per heavy atom. The molecule has 1 fully saturated rings. The molecule has 1 N–H and O–H groups in total. The zero-order chi connectivity index (χ0) is 8.39. The Bertz CT molecular complexity index is 256. The van der Waals surface area contributed by atoms with Gasteiger partial charge in [-0.2, -0.15) is 0 Å². The topological polar surface area (TPSA) is 52.0 Å². The summed E-state index contributed by atoms with van der Waals surface area (Å²) in [6.07, 6.45) is 1.91. The maximum Gasteiger partial charge on any atom is 0.0964 e. The van der Waals surface area contributed by atoms with Crippen LogP contribution < -0.4 is 5.32 Å². The van der Waals surface area contributed by atoms with Gasteiger partial charge in [0.05, 0.1) is 24.9 Å². The van der Waals surface area contributed by atoms with E-state index in [2.05, 4.69) is 15.6 Å². The lowest BCUT2D eigenvalue weighted by Gasteiger charge is -2.26. The summed E-state index contributed by atoms with van der Waals surface area (Å²) >= 11 is 0. The van der Waals surface area contributed by atoms with Gasteiger partial charge in [0.1, 0.15) is 0 Å². The number of nitrogens with zero attached hydrogens (tertiary/aromatic N) is 3. The van der Waals surface area contributed by atoms with Crippen LogP contribution in [-0.4, -0.2) is 34.2 Å². The summed E-state index contributed by atoms with van der Waals surface area (Å²) in [4.78, 5) is 0. The van der Waals surface area contributed by atoms with Gasteiger partial charge in [-0.05, 0) is 0 Å². The van der Waals surface area contributed by atoms with Gasteiger partial charge < -0.3 is 10.1 Å². The summed E-state index contributed by atoms with van der Waals surface area (Å²) < 4.78 is 6.73. The van der Waals surface area contributed by atoms with Crippen LogP contribution in [0.2, 0.25) is 0 Å². The van der Waals surface area contributed by atoms with E-state index in [0.717, 1.165) is 25.5 Å². The van der Waals surface area contributed by atoms with Crippen molar-refractivity contribution < 1.29 is 4.74 Å². The average Bonchev–Trinajstić information content (AvgIpc) is 2.32. The molecule has 2 heterocycles. The highest BCUT2D eigenvalue weighted by molar-refractivity contribution is 4.92. The summed E-state index contributed by atoms with van der Waals surface area (Å²) in [5, 5.41) is 11.1. The fourth-order valence-corrected chi connectivity index (χ4v) is 1.08. The summed E-state index contributed by atoms with van der Waals surface area (Å²) in [6.45, 7) is 2.42. The first kappa shape index (κ1) is 7.70. The zero-order valence-electron chi connectivity index (χ0n) is 7.03. The third-order valence-corrected chi connectivity index (χ3v) is 1.86. The minimum absolute atomic E-state index is 0.506. The molecule has 0 spiro atoms. The van der Waals surface area contributed by atoms with Gasteiger partial charge in [-0.3, -0.25) is 4.68 Å². The lowest BCUT2D eigenvalue weighted by molar-refractivity contribution is -0.00591. The van der Waals surface area contributed by atoms with Gasteiger partial charge in [0, 0.05) is 19.8 Å². The fourth-order valence-electron chi connectivity index (χ4n) is 1.08. The van der Waals surface area contributed by atoms with Crippen molar-refractivity contribution >= 4 is 0 Å². The molecule has 0 atom stereocenters. The van der Waals surface area contributed by atoms with Crippen molar-refractivity contribution in [3.05, 3.63) is 11.9 Å². The van der Waals surface area contributed by atoms with E-state index in [4.69, 9.17) is 4.74 Å². The van der Waals surface area contributed by atoms with Gasteiger partial charge in [0.15, 0.2) is 0 Å². The lowest BCUT2D eigenvalue weighted by Crippen LogP contribution is -2.45. The number of aryl methyl sites for hydroxylation is 1. The molecule has 1 aliphatic heterocycles. The van der Waals surface area contributed by atoms with Crippen LogP contribution in [0.4, 0.5) is 0 Å². The normalized spacial score (nSPS) is 17.8. The van der Waals surface area contributed by atoms with E-state index in [1.165, 1.54) is 0 Å². The summed E-state index contributed by atoms with van der Waals surface area (Å²) in [7, 11) is 1.86. The minimum atomic E-state index is 0.506. The van der Waals surface area contributed by atoms with Crippen LogP contribution in [0.15, 0.2) is 6.20 Å². The van der Waals surface area contributed by atoms with Gasteiger partial charge in [-0.15, -0.1) is 5.10 Å². The van der Waals surface area contributed by atoms with Crippen molar-refractivity contribution in [1.29, 1.82) is 0 Å². The molecular weight excluding hydrogens is 156 g/mol. The lowest BCUT2D eigenvalue weighted by atomic mass is 10.2. The first-order valence-electron chi connectivity index (χ1n) is 4.01. The van der Waals surface area contributed by atoms with E-state index in [1.54, 1.807) is 4.68 Å². The molecule has 0 amide bonds. The van der Waals surface area contributed by atoms with Crippen LogP contribution in [0.5, 0.6) is 0 Å². The zero-order valence-corrected chi connectivity index (χ0v) is 7.03. The average molecular weight is 168 g/mol. The van der Waals surface area contributed by atoms with Gasteiger partial charge >= 0.3 is 0 Å². The Hall–Kier alpha value is -0.940. The van der Waals surface area contributed by atoms with E-state index >= 15 is 0 Å². The van der Waals surface area contributed by atoms with Crippen LogP contribution in [0.25, 0.3) is 0 Å². The third-order valence-electron chi connectivity index (χ3n) is 1.86. The maximum absolute atomic E-state index is 5.02. The molecule has 0 unspecified atom stereocenters. The molecule has 5 heteroatoms. The van der Waals surface area contributed by atoms with E-state index in [1.807, 2.05) is 13.2 Å². The van der Waals surface area contributed by atoms with Crippen molar-refractivity contribution in [2.45, 2.75) is 12.6 Å². The molecule has 0 saturated carbocycles. The highest BCUT2D eigenvalue weighted by Crippen LogP contribution is 2.00. The summed E-state index contributed by atoms with van der Waals surface area (Å²) in [6, 6.07) is 0.506.